The standard InChI is InChI=1S/C18H34N2O/c1-5-7-10-20(11-8-6-2)15-18-17(9-12-21-18)14-19-13-16(3)4/h9,12,16,19H,5-8,10-11,13-15H2,1-4H3. The molecule has 0 atom stereocenters. The van der Waals surface area contributed by atoms with Gasteiger partial charge in [0, 0.05) is 12.1 Å². The largest absolute Gasteiger partial charge is 0.468 e. The van der Waals surface area contributed by atoms with Crippen LogP contribution in [-0.2, 0) is 13.1 Å². The maximum atomic E-state index is 5.73. The lowest BCUT2D eigenvalue weighted by molar-refractivity contribution is 0.235. The van der Waals surface area contributed by atoms with Gasteiger partial charge in [-0.25, -0.2) is 0 Å². The zero-order chi connectivity index (χ0) is 15.5. The minimum Gasteiger partial charge on any atom is -0.468 e. The molecule has 0 aliphatic carbocycles. The molecule has 0 saturated carbocycles. The van der Waals surface area contributed by atoms with Gasteiger partial charge < -0.3 is 9.73 Å². The lowest BCUT2D eigenvalue weighted by Crippen LogP contribution is -2.26. The molecule has 1 N–H and O–H groups in total. The molecule has 0 aromatic carbocycles. The molecule has 0 spiro atoms. The van der Waals surface area contributed by atoms with E-state index in [9.17, 15) is 0 Å². The summed E-state index contributed by atoms with van der Waals surface area (Å²) in [5.74, 6) is 1.82. The highest BCUT2D eigenvalue weighted by Gasteiger charge is 2.11. The predicted molar refractivity (Wildman–Crippen MR) is 90.3 cm³/mol. The Hall–Kier alpha value is -0.800. The Morgan fingerprint density at radius 1 is 1.14 bits per heavy atom. The average Bonchev–Trinajstić information content (AvgIpc) is 2.88. The zero-order valence-electron chi connectivity index (χ0n) is 14.5. The lowest BCUT2D eigenvalue weighted by atomic mass is 10.2. The van der Waals surface area contributed by atoms with Crippen LogP contribution in [0.2, 0.25) is 0 Å². The van der Waals surface area contributed by atoms with E-state index in [2.05, 4.69) is 44.0 Å². The van der Waals surface area contributed by atoms with Crippen LogP contribution in [0, 0.1) is 5.92 Å². The first-order valence-corrected chi connectivity index (χ1v) is 8.65. The molecular formula is C18H34N2O. The molecule has 122 valence electrons. The van der Waals surface area contributed by atoms with Crippen LogP contribution in [0.25, 0.3) is 0 Å². The van der Waals surface area contributed by atoms with E-state index in [0.29, 0.717) is 5.92 Å². The fraction of sp³-hybridized carbons (Fsp3) is 0.778. The van der Waals surface area contributed by atoms with E-state index >= 15 is 0 Å². The van der Waals surface area contributed by atoms with Crippen LogP contribution in [0.15, 0.2) is 16.7 Å². The summed E-state index contributed by atoms with van der Waals surface area (Å²) in [6, 6.07) is 2.11. The van der Waals surface area contributed by atoms with E-state index in [1.165, 1.54) is 44.3 Å². The van der Waals surface area contributed by atoms with Crippen LogP contribution < -0.4 is 5.32 Å². The van der Waals surface area contributed by atoms with Crippen molar-refractivity contribution in [2.75, 3.05) is 19.6 Å². The highest BCUT2D eigenvalue weighted by Crippen LogP contribution is 2.14. The van der Waals surface area contributed by atoms with Gasteiger partial charge in [-0.15, -0.1) is 0 Å². The van der Waals surface area contributed by atoms with Gasteiger partial charge in [0.2, 0.25) is 0 Å². The number of nitrogens with zero attached hydrogens (tertiary/aromatic N) is 1. The summed E-state index contributed by atoms with van der Waals surface area (Å²) in [7, 11) is 0. The second-order valence-corrected chi connectivity index (χ2v) is 6.38. The molecule has 0 saturated heterocycles. The lowest BCUT2D eigenvalue weighted by Gasteiger charge is -2.21. The van der Waals surface area contributed by atoms with E-state index in [1.54, 1.807) is 0 Å². The Balaban J connectivity index is 2.51. The molecule has 0 amide bonds. The fourth-order valence-corrected chi connectivity index (χ4v) is 2.40. The van der Waals surface area contributed by atoms with Gasteiger partial charge in [0.25, 0.3) is 0 Å². The molecule has 0 bridgehead atoms. The molecule has 21 heavy (non-hydrogen) atoms. The van der Waals surface area contributed by atoms with Crippen LogP contribution >= 0.6 is 0 Å². The highest BCUT2D eigenvalue weighted by molar-refractivity contribution is 5.16. The van der Waals surface area contributed by atoms with Crippen molar-refractivity contribution in [3.63, 3.8) is 0 Å². The van der Waals surface area contributed by atoms with Crippen molar-refractivity contribution in [2.24, 2.45) is 5.92 Å². The molecule has 1 aromatic heterocycles. The first-order chi connectivity index (χ1) is 10.2. The summed E-state index contributed by atoms with van der Waals surface area (Å²) in [5, 5.41) is 3.51. The Morgan fingerprint density at radius 2 is 1.81 bits per heavy atom. The molecule has 0 fully saturated rings. The van der Waals surface area contributed by atoms with Crippen molar-refractivity contribution in [3.8, 4) is 0 Å². The van der Waals surface area contributed by atoms with Crippen LogP contribution in [-0.4, -0.2) is 24.5 Å². The minimum absolute atomic E-state index is 0.686. The van der Waals surface area contributed by atoms with Gasteiger partial charge in [-0.2, -0.15) is 0 Å². The van der Waals surface area contributed by atoms with Gasteiger partial charge in [-0.1, -0.05) is 40.5 Å². The molecule has 1 rings (SSSR count). The topological polar surface area (TPSA) is 28.4 Å². The molecule has 1 aromatic rings. The molecule has 3 nitrogen and oxygen atoms in total. The molecule has 0 aliphatic rings. The zero-order valence-corrected chi connectivity index (χ0v) is 14.5. The second kappa shape index (κ2) is 10.9. The Bertz CT molecular complexity index is 352. The second-order valence-electron chi connectivity index (χ2n) is 6.38. The third-order valence-corrected chi connectivity index (χ3v) is 3.73. The van der Waals surface area contributed by atoms with Crippen molar-refractivity contribution < 1.29 is 4.42 Å². The molecule has 0 unspecified atom stereocenters. The average molecular weight is 294 g/mol. The number of furan rings is 1. The van der Waals surface area contributed by atoms with Crippen LogP contribution in [0.3, 0.4) is 0 Å². The number of nitrogens with one attached hydrogen (secondary N) is 1. The van der Waals surface area contributed by atoms with Gasteiger partial charge in [-0.05, 0) is 44.5 Å². The van der Waals surface area contributed by atoms with Gasteiger partial charge in [0.05, 0.1) is 12.8 Å². The van der Waals surface area contributed by atoms with E-state index in [0.717, 1.165) is 25.4 Å². The normalized spacial score (nSPS) is 11.7. The first kappa shape index (κ1) is 18.2. The third-order valence-electron chi connectivity index (χ3n) is 3.73. The third kappa shape index (κ3) is 7.68. The van der Waals surface area contributed by atoms with Crippen molar-refractivity contribution >= 4 is 0 Å². The maximum Gasteiger partial charge on any atom is 0.122 e. The van der Waals surface area contributed by atoms with Gasteiger partial charge >= 0.3 is 0 Å². The highest BCUT2D eigenvalue weighted by atomic mass is 16.3. The Labute approximate surface area is 131 Å². The molecule has 3 heteroatoms. The number of unbranched alkanes of at least 4 members (excludes halogenated alkanes) is 2. The maximum absolute atomic E-state index is 5.73. The summed E-state index contributed by atoms with van der Waals surface area (Å²) >= 11 is 0. The number of rotatable bonds is 12. The van der Waals surface area contributed by atoms with E-state index in [-0.39, 0.29) is 0 Å². The summed E-state index contributed by atoms with van der Waals surface area (Å²) < 4.78 is 5.73. The molecule has 0 aliphatic heterocycles. The van der Waals surface area contributed by atoms with E-state index in [1.807, 2.05) is 6.26 Å². The molecule has 1 heterocycles. The SMILES string of the molecule is CCCCN(CCCC)Cc1occc1CNCC(C)C. The van der Waals surface area contributed by atoms with Crippen LogP contribution in [0.1, 0.15) is 64.7 Å². The molecule has 0 radical (unpaired) electrons. The predicted octanol–water partition coefficient (Wildman–Crippen LogP) is 4.43. The smallest absolute Gasteiger partial charge is 0.122 e. The van der Waals surface area contributed by atoms with E-state index in [4.69, 9.17) is 4.42 Å². The van der Waals surface area contributed by atoms with Crippen LogP contribution in [0.5, 0.6) is 0 Å². The van der Waals surface area contributed by atoms with Gasteiger partial charge in [0.15, 0.2) is 0 Å². The summed E-state index contributed by atoms with van der Waals surface area (Å²) in [6.07, 6.45) is 6.88. The monoisotopic (exact) mass is 294 g/mol. The minimum atomic E-state index is 0.686. The van der Waals surface area contributed by atoms with Crippen molar-refractivity contribution in [1.82, 2.24) is 10.2 Å². The quantitative estimate of drug-likeness (QED) is 0.618. The summed E-state index contributed by atoms with van der Waals surface area (Å²) in [4.78, 5) is 2.54. The van der Waals surface area contributed by atoms with Crippen molar-refractivity contribution in [1.29, 1.82) is 0 Å². The van der Waals surface area contributed by atoms with Crippen molar-refractivity contribution in [2.45, 2.75) is 66.5 Å². The molecular weight excluding hydrogens is 260 g/mol. The van der Waals surface area contributed by atoms with E-state index < -0.39 is 0 Å². The number of hydrogen-bond donors (Lipinski definition) is 1. The number of hydrogen-bond acceptors (Lipinski definition) is 3. The first-order valence-electron chi connectivity index (χ1n) is 8.65. The van der Waals surface area contributed by atoms with Crippen LogP contribution in [0.4, 0.5) is 0 Å². The van der Waals surface area contributed by atoms with Crippen molar-refractivity contribution in [3.05, 3.63) is 23.7 Å². The summed E-state index contributed by atoms with van der Waals surface area (Å²) in [6.45, 7) is 14.3. The van der Waals surface area contributed by atoms with Gasteiger partial charge in [-0.3, -0.25) is 4.90 Å². The fourth-order valence-electron chi connectivity index (χ4n) is 2.40. The Morgan fingerprint density at radius 3 is 2.38 bits per heavy atom. The Kier molecular flexibility index (Phi) is 9.44. The van der Waals surface area contributed by atoms with Gasteiger partial charge in [0.1, 0.15) is 5.76 Å². The summed E-state index contributed by atoms with van der Waals surface area (Å²) in [5.41, 5.74) is 1.31.